The van der Waals surface area contributed by atoms with Crippen LogP contribution in [0.15, 0.2) is 36.0 Å². The van der Waals surface area contributed by atoms with Gasteiger partial charge in [0.05, 0.1) is 16.9 Å². The van der Waals surface area contributed by atoms with Crippen LogP contribution in [-0.4, -0.2) is 22.9 Å². The summed E-state index contributed by atoms with van der Waals surface area (Å²) in [5.41, 5.74) is 10.9. The van der Waals surface area contributed by atoms with Crippen LogP contribution in [0.4, 0.5) is 10.1 Å². The number of hydrogen-bond acceptors (Lipinski definition) is 4. The molecule has 0 aliphatic heterocycles. The third kappa shape index (κ3) is 4.23. The minimum absolute atomic E-state index is 0.0514. The van der Waals surface area contributed by atoms with Crippen molar-refractivity contribution in [2.24, 2.45) is 5.73 Å². The molecule has 4 nitrogen and oxygen atoms in total. The van der Waals surface area contributed by atoms with Crippen molar-refractivity contribution in [2.75, 3.05) is 5.32 Å². The Balaban J connectivity index is 1.65. The number of nitrogens with one attached hydrogen (secondary N) is 1. The molecule has 0 bridgehead atoms. The van der Waals surface area contributed by atoms with Crippen LogP contribution in [0, 0.1) is 18.2 Å². The monoisotopic (exact) mass is 389 g/mol. The minimum atomic E-state index is -0.315. The van der Waals surface area contributed by atoms with Gasteiger partial charge in [0.2, 0.25) is 0 Å². The number of carbonyl (C=O) groups is 1. The first kappa shape index (κ1) is 19.4. The zero-order valence-corrected chi connectivity index (χ0v) is 16.2. The van der Waals surface area contributed by atoms with Gasteiger partial charge in [0.15, 0.2) is 5.78 Å². The van der Waals surface area contributed by atoms with Crippen molar-refractivity contribution >= 4 is 17.5 Å². The molecule has 29 heavy (non-hydrogen) atoms. The number of nitrogens with two attached hydrogens (primary N) is 1. The first-order chi connectivity index (χ1) is 14.0. The Hall–Kier alpha value is -2.97. The smallest absolute Gasteiger partial charge is 0.170 e. The summed E-state index contributed by atoms with van der Waals surface area (Å²) in [6.45, 7) is 0. The van der Waals surface area contributed by atoms with Crippen molar-refractivity contribution in [3.63, 3.8) is 0 Å². The van der Waals surface area contributed by atoms with Crippen molar-refractivity contribution in [3.8, 4) is 12.3 Å². The number of aromatic nitrogens is 1. The number of ketones is 1. The highest BCUT2D eigenvalue weighted by Crippen LogP contribution is 2.34. The van der Waals surface area contributed by atoms with E-state index in [1.807, 2.05) is 6.08 Å². The van der Waals surface area contributed by atoms with Gasteiger partial charge in [-0.1, -0.05) is 18.1 Å². The summed E-state index contributed by atoms with van der Waals surface area (Å²) in [5.74, 6) is 2.33. The van der Waals surface area contributed by atoms with E-state index in [2.05, 4.69) is 16.2 Å². The van der Waals surface area contributed by atoms with Crippen molar-refractivity contribution in [1.82, 2.24) is 4.98 Å². The van der Waals surface area contributed by atoms with Crippen LogP contribution in [-0.2, 0) is 12.8 Å². The van der Waals surface area contributed by atoms with Gasteiger partial charge in [-0.15, -0.1) is 6.42 Å². The zero-order valence-electron chi connectivity index (χ0n) is 16.2. The van der Waals surface area contributed by atoms with Crippen molar-refractivity contribution < 1.29 is 9.18 Å². The highest BCUT2D eigenvalue weighted by atomic mass is 19.1. The molecule has 0 unspecified atom stereocenters. The fraction of sp³-hybridized carbons (Fsp3) is 0.333. The summed E-state index contributed by atoms with van der Waals surface area (Å²) in [6, 6.07) is 6.54. The highest BCUT2D eigenvalue weighted by Gasteiger charge is 2.26. The van der Waals surface area contributed by atoms with Crippen molar-refractivity contribution in [3.05, 3.63) is 64.2 Å². The first-order valence-electron chi connectivity index (χ1n) is 10.0. The standard InChI is InChI=1S/C24H24FN3O/c1-2-15-11-20-22(12-15)27-14-21(23(29)13-16-3-5-17(25)6-4-16)24(20)28-19-9-7-18(26)8-10-19/h1,3-6,11,14,18-19H,7-10,12-13,26H2,(H,27,28). The van der Waals surface area contributed by atoms with E-state index in [4.69, 9.17) is 12.2 Å². The van der Waals surface area contributed by atoms with Gasteiger partial charge in [0.25, 0.3) is 0 Å². The van der Waals surface area contributed by atoms with Crippen LogP contribution >= 0.6 is 0 Å². The molecule has 0 spiro atoms. The van der Waals surface area contributed by atoms with Crippen LogP contribution in [0.2, 0.25) is 0 Å². The van der Waals surface area contributed by atoms with E-state index < -0.39 is 0 Å². The molecule has 0 radical (unpaired) electrons. The number of carbonyl (C=O) groups excluding carboxylic acids is 1. The lowest BCUT2D eigenvalue weighted by Gasteiger charge is -2.29. The van der Waals surface area contributed by atoms with Gasteiger partial charge in [-0.05, 0) is 49.5 Å². The van der Waals surface area contributed by atoms with Gasteiger partial charge in [-0.25, -0.2) is 4.39 Å². The summed E-state index contributed by atoms with van der Waals surface area (Å²) in [4.78, 5) is 17.6. The lowest BCUT2D eigenvalue weighted by molar-refractivity contribution is 0.0993. The number of benzene rings is 1. The molecular formula is C24H24FN3O. The van der Waals surface area contributed by atoms with E-state index >= 15 is 0 Å². The number of rotatable bonds is 5. The molecule has 2 aliphatic rings. The van der Waals surface area contributed by atoms with Gasteiger partial charge >= 0.3 is 0 Å². The average molecular weight is 389 g/mol. The molecule has 1 fully saturated rings. The Labute approximate surface area is 170 Å². The van der Waals surface area contributed by atoms with Crippen LogP contribution in [0.5, 0.6) is 0 Å². The number of terminal acetylenes is 1. The number of nitrogens with zero attached hydrogens (tertiary/aromatic N) is 1. The maximum absolute atomic E-state index is 13.2. The zero-order chi connectivity index (χ0) is 20.4. The third-order valence-electron chi connectivity index (χ3n) is 5.76. The van der Waals surface area contributed by atoms with Crippen molar-refractivity contribution in [2.45, 2.75) is 50.6 Å². The van der Waals surface area contributed by atoms with Gasteiger partial charge < -0.3 is 11.1 Å². The Bertz CT molecular complexity index is 996. The average Bonchev–Trinajstić information content (AvgIpc) is 3.15. The minimum Gasteiger partial charge on any atom is -0.381 e. The second kappa shape index (κ2) is 8.18. The number of anilines is 1. The molecular weight excluding hydrogens is 365 g/mol. The molecule has 2 aliphatic carbocycles. The number of halogens is 1. The number of pyridine rings is 1. The fourth-order valence-electron chi connectivity index (χ4n) is 4.08. The number of fused-ring (bicyclic) bond motifs is 1. The van der Waals surface area contributed by atoms with Crippen LogP contribution < -0.4 is 11.1 Å². The second-order valence-electron chi connectivity index (χ2n) is 7.88. The summed E-state index contributed by atoms with van der Waals surface area (Å²) >= 11 is 0. The molecule has 148 valence electrons. The van der Waals surface area contributed by atoms with E-state index in [-0.39, 0.29) is 30.1 Å². The molecule has 0 saturated heterocycles. The largest absolute Gasteiger partial charge is 0.381 e. The van der Waals surface area contributed by atoms with E-state index in [0.29, 0.717) is 12.0 Å². The van der Waals surface area contributed by atoms with Gasteiger partial charge in [-0.3, -0.25) is 9.78 Å². The molecule has 3 N–H and O–H groups in total. The maximum atomic E-state index is 13.2. The van der Waals surface area contributed by atoms with E-state index in [1.165, 1.54) is 12.1 Å². The van der Waals surface area contributed by atoms with E-state index in [9.17, 15) is 9.18 Å². The maximum Gasteiger partial charge on any atom is 0.170 e. The summed E-state index contributed by atoms with van der Waals surface area (Å²) in [7, 11) is 0. The summed E-state index contributed by atoms with van der Waals surface area (Å²) in [5, 5.41) is 3.60. The molecule has 1 heterocycles. The number of allylic oxidation sites excluding steroid dienone is 1. The lowest BCUT2D eigenvalue weighted by Crippen LogP contribution is -2.33. The van der Waals surface area contributed by atoms with E-state index in [0.717, 1.165) is 53.8 Å². The van der Waals surface area contributed by atoms with Crippen LogP contribution in [0.25, 0.3) is 6.08 Å². The Morgan fingerprint density at radius 1 is 1.24 bits per heavy atom. The quantitative estimate of drug-likeness (QED) is 0.601. The third-order valence-corrected chi connectivity index (χ3v) is 5.76. The Morgan fingerprint density at radius 3 is 2.66 bits per heavy atom. The molecule has 4 rings (SSSR count). The molecule has 0 atom stereocenters. The van der Waals surface area contributed by atoms with Crippen LogP contribution in [0.3, 0.4) is 0 Å². The fourth-order valence-corrected chi connectivity index (χ4v) is 4.08. The predicted octanol–water partition coefficient (Wildman–Crippen LogP) is 3.90. The second-order valence-corrected chi connectivity index (χ2v) is 7.88. The van der Waals surface area contributed by atoms with E-state index in [1.54, 1.807) is 18.3 Å². The molecule has 1 aromatic carbocycles. The van der Waals surface area contributed by atoms with Gasteiger partial charge in [0, 0.05) is 42.3 Å². The Morgan fingerprint density at radius 2 is 1.97 bits per heavy atom. The highest BCUT2D eigenvalue weighted by molar-refractivity contribution is 6.04. The molecule has 1 aromatic heterocycles. The van der Waals surface area contributed by atoms with Crippen molar-refractivity contribution in [1.29, 1.82) is 0 Å². The van der Waals surface area contributed by atoms with Crippen LogP contribution in [0.1, 0.15) is 52.9 Å². The normalized spacial score (nSPS) is 20.5. The SMILES string of the molecule is C#CC1=Cc2c(ncc(C(=O)Cc3ccc(F)cc3)c2NC2CCC(N)CC2)C1. The summed E-state index contributed by atoms with van der Waals surface area (Å²) in [6.07, 6.45) is 13.9. The summed E-state index contributed by atoms with van der Waals surface area (Å²) < 4.78 is 13.2. The van der Waals surface area contributed by atoms with Gasteiger partial charge in [0.1, 0.15) is 5.82 Å². The number of hydrogen-bond donors (Lipinski definition) is 2. The topological polar surface area (TPSA) is 68.0 Å². The molecule has 0 amide bonds. The lowest BCUT2D eigenvalue weighted by atomic mass is 9.91. The molecule has 2 aromatic rings. The Kier molecular flexibility index (Phi) is 5.46. The first-order valence-corrected chi connectivity index (χ1v) is 10.0. The van der Waals surface area contributed by atoms with Gasteiger partial charge in [-0.2, -0.15) is 0 Å². The molecule has 5 heteroatoms. The predicted molar refractivity (Wildman–Crippen MR) is 113 cm³/mol. The number of Topliss-reactive ketones (excluding diaryl/α,β-unsaturated/α-hetero) is 1. The molecule has 1 saturated carbocycles.